The molecule has 0 radical (unpaired) electrons. The number of epoxide rings is 1. The first-order valence-electron chi connectivity index (χ1n) is 8.65. The van der Waals surface area contributed by atoms with Crippen LogP contribution in [0, 0.1) is 5.92 Å². The Morgan fingerprint density at radius 2 is 1.92 bits per heavy atom. The number of hydrogen-bond donors (Lipinski definition) is 1. The van der Waals surface area contributed by atoms with Gasteiger partial charge in [-0.2, -0.15) is 0 Å². The molecule has 2 saturated heterocycles. The molecule has 4 aliphatic rings. The summed E-state index contributed by atoms with van der Waals surface area (Å²) in [5.74, 6) is -1.75. The third-order valence-electron chi connectivity index (χ3n) is 5.87. The molecule has 26 heavy (non-hydrogen) atoms. The maximum Gasteiger partial charge on any atom is 0.303 e. The first-order chi connectivity index (χ1) is 12.2. The predicted octanol–water partition coefficient (Wildman–Crippen LogP) is -0.746. The van der Waals surface area contributed by atoms with E-state index in [0.29, 0.717) is 6.42 Å². The number of amides is 1. The van der Waals surface area contributed by atoms with Gasteiger partial charge in [0.1, 0.15) is 18.8 Å². The average molecular weight is 367 g/mol. The van der Waals surface area contributed by atoms with E-state index < -0.39 is 47.5 Å². The van der Waals surface area contributed by atoms with E-state index in [2.05, 4.69) is 5.32 Å². The van der Waals surface area contributed by atoms with Crippen LogP contribution >= 0.6 is 0 Å². The van der Waals surface area contributed by atoms with Crippen LogP contribution in [-0.2, 0) is 38.1 Å². The van der Waals surface area contributed by atoms with Gasteiger partial charge in [0.2, 0.25) is 5.91 Å². The van der Waals surface area contributed by atoms with Gasteiger partial charge in [0.25, 0.3) is 0 Å². The molecule has 7 atom stereocenters. The lowest BCUT2D eigenvalue weighted by molar-refractivity contribution is -0.162. The molecule has 2 saturated carbocycles. The molecule has 0 aromatic heterocycles. The third kappa shape index (κ3) is 2.30. The van der Waals surface area contributed by atoms with Gasteiger partial charge in [0.05, 0.1) is 11.6 Å². The van der Waals surface area contributed by atoms with Crippen LogP contribution in [0.5, 0.6) is 0 Å². The Kier molecular flexibility index (Phi) is 3.68. The van der Waals surface area contributed by atoms with Crippen molar-refractivity contribution in [3.63, 3.8) is 0 Å². The van der Waals surface area contributed by atoms with Gasteiger partial charge in [-0.1, -0.05) is 0 Å². The largest absolute Gasteiger partial charge is 0.463 e. The molecule has 4 rings (SSSR count). The quantitative estimate of drug-likeness (QED) is 0.509. The molecule has 2 aliphatic heterocycles. The Balaban J connectivity index is 1.76. The molecule has 1 N–H and O–H groups in total. The lowest BCUT2D eigenvalue weighted by Gasteiger charge is -2.49. The number of ketones is 1. The number of carbonyl (C=O) groups excluding carboxylic acids is 4. The van der Waals surface area contributed by atoms with Gasteiger partial charge in [-0.25, -0.2) is 0 Å². The van der Waals surface area contributed by atoms with E-state index in [1.54, 1.807) is 0 Å². The first kappa shape index (κ1) is 17.4. The highest BCUT2D eigenvalue weighted by Crippen LogP contribution is 2.62. The van der Waals surface area contributed by atoms with Crippen LogP contribution in [0.3, 0.4) is 0 Å². The number of hydrogen-bond acceptors (Lipinski definition) is 8. The van der Waals surface area contributed by atoms with Crippen molar-refractivity contribution in [2.45, 2.75) is 69.2 Å². The van der Waals surface area contributed by atoms with E-state index in [-0.39, 0.29) is 30.6 Å². The van der Waals surface area contributed by atoms with Gasteiger partial charge in [-0.05, 0) is 6.42 Å². The van der Waals surface area contributed by atoms with Crippen LogP contribution in [0.2, 0.25) is 0 Å². The summed E-state index contributed by atoms with van der Waals surface area (Å²) in [5, 5.41) is 2.87. The number of esters is 2. The molecule has 142 valence electrons. The van der Waals surface area contributed by atoms with Crippen LogP contribution in [0.1, 0.15) is 33.6 Å². The summed E-state index contributed by atoms with van der Waals surface area (Å²) < 4.78 is 22.6. The maximum absolute atomic E-state index is 12.6. The summed E-state index contributed by atoms with van der Waals surface area (Å²) in [4.78, 5) is 47.5. The highest BCUT2D eigenvalue weighted by molar-refractivity contribution is 5.88. The molecule has 1 amide bonds. The molecule has 2 heterocycles. The Hall–Kier alpha value is -2.00. The molecule has 4 fully saturated rings. The van der Waals surface area contributed by atoms with Crippen LogP contribution in [0.25, 0.3) is 0 Å². The van der Waals surface area contributed by atoms with Crippen molar-refractivity contribution in [1.82, 2.24) is 5.32 Å². The average Bonchev–Trinajstić information content (AvgIpc) is 3.10. The first-order valence-corrected chi connectivity index (χ1v) is 8.65. The zero-order valence-corrected chi connectivity index (χ0v) is 14.8. The molecule has 0 aromatic carbocycles. The van der Waals surface area contributed by atoms with Crippen LogP contribution in [0.4, 0.5) is 0 Å². The highest BCUT2D eigenvalue weighted by atomic mass is 16.7. The SMILES string of the molecule is CC(=O)N[C@]12CC(=O)[C@@H]3C[C@H]1[C@@H](O3)[C@]1(COC(C)=O)O[C@@H]1[C@H]2OC(C)=O. The van der Waals surface area contributed by atoms with Crippen LogP contribution in [-0.4, -0.2) is 65.8 Å². The smallest absolute Gasteiger partial charge is 0.303 e. The topological polar surface area (TPSA) is 121 Å². The Morgan fingerprint density at radius 3 is 2.54 bits per heavy atom. The summed E-state index contributed by atoms with van der Waals surface area (Å²) >= 11 is 0. The number of rotatable bonds is 4. The van der Waals surface area contributed by atoms with Crippen LogP contribution < -0.4 is 5.32 Å². The van der Waals surface area contributed by atoms with Crippen molar-refractivity contribution < 1.29 is 38.1 Å². The fraction of sp³-hybridized carbons (Fsp3) is 0.765. The standard InChI is InChI=1S/C17H21NO8/c1-7(19)18-16-5-11(22)12-4-10(16)13(25-12)17(6-23-8(2)20)15(26-17)14(16)24-9(3)21/h10,12-15H,4-6H2,1-3H3,(H,18,19)/t10-,12-,13+,14+,15+,16+,17-/m0/s1. The summed E-state index contributed by atoms with van der Waals surface area (Å²) in [5.41, 5.74) is -2.04. The van der Waals surface area contributed by atoms with Gasteiger partial charge in [-0.15, -0.1) is 0 Å². The molecule has 2 aliphatic carbocycles. The van der Waals surface area contributed by atoms with Crippen molar-refractivity contribution in [3.05, 3.63) is 0 Å². The molecule has 2 bridgehead atoms. The monoisotopic (exact) mass is 367 g/mol. The van der Waals surface area contributed by atoms with Crippen molar-refractivity contribution in [3.8, 4) is 0 Å². The number of carbonyl (C=O) groups is 4. The van der Waals surface area contributed by atoms with Gasteiger partial charge < -0.3 is 24.3 Å². The fourth-order valence-corrected chi connectivity index (χ4v) is 4.98. The third-order valence-corrected chi connectivity index (χ3v) is 5.87. The molecule has 9 nitrogen and oxygen atoms in total. The Bertz CT molecular complexity index is 707. The van der Waals surface area contributed by atoms with Gasteiger partial charge in [0.15, 0.2) is 17.5 Å². The van der Waals surface area contributed by atoms with E-state index in [1.165, 1.54) is 20.8 Å². The minimum Gasteiger partial charge on any atom is -0.463 e. The van der Waals surface area contributed by atoms with Gasteiger partial charge >= 0.3 is 11.9 Å². The maximum atomic E-state index is 12.6. The second-order valence-electron chi connectivity index (χ2n) is 7.56. The minimum absolute atomic E-state index is 0.0138. The lowest BCUT2D eigenvalue weighted by Crippen LogP contribution is -2.72. The second kappa shape index (κ2) is 5.50. The second-order valence-corrected chi connectivity index (χ2v) is 7.56. The lowest BCUT2D eigenvalue weighted by atomic mass is 9.60. The molecular formula is C17H21NO8. The van der Waals surface area contributed by atoms with Crippen molar-refractivity contribution >= 4 is 23.6 Å². The summed E-state index contributed by atoms with van der Waals surface area (Å²) in [6.45, 7) is 3.86. The number of nitrogens with one attached hydrogen (secondary N) is 1. The minimum atomic E-state index is -1.08. The van der Waals surface area contributed by atoms with E-state index in [0.717, 1.165) is 0 Å². The predicted molar refractivity (Wildman–Crippen MR) is 82.7 cm³/mol. The highest BCUT2D eigenvalue weighted by Gasteiger charge is 2.81. The zero-order valence-electron chi connectivity index (χ0n) is 14.8. The molecule has 0 aromatic rings. The Labute approximate surface area is 149 Å². The summed E-state index contributed by atoms with van der Waals surface area (Å²) in [6, 6.07) is 0. The van der Waals surface area contributed by atoms with Gasteiger partial charge in [-0.3, -0.25) is 19.2 Å². The molecule has 0 spiro atoms. The van der Waals surface area contributed by atoms with Crippen LogP contribution in [0.15, 0.2) is 0 Å². The van der Waals surface area contributed by atoms with E-state index >= 15 is 0 Å². The Morgan fingerprint density at radius 1 is 1.19 bits per heavy atom. The number of fused-ring (bicyclic) bond motifs is 3. The van der Waals surface area contributed by atoms with Crippen molar-refractivity contribution in [2.75, 3.05) is 6.61 Å². The fourth-order valence-electron chi connectivity index (χ4n) is 4.98. The van der Waals surface area contributed by atoms with E-state index in [9.17, 15) is 19.2 Å². The molecule has 9 heteroatoms. The zero-order chi connectivity index (χ0) is 18.9. The van der Waals surface area contributed by atoms with Gasteiger partial charge in [0, 0.05) is 33.1 Å². The summed E-state index contributed by atoms with van der Waals surface area (Å²) in [6.07, 6.45) is -2.17. The summed E-state index contributed by atoms with van der Waals surface area (Å²) in [7, 11) is 0. The number of Topliss-reactive ketones (excluding diaryl/α,β-unsaturated/α-hetero) is 1. The van der Waals surface area contributed by atoms with Crippen molar-refractivity contribution in [1.29, 1.82) is 0 Å². The van der Waals surface area contributed by atoms with E-state index in [4.69, 9.17) is 18.9 Å². The normalized spacial score (nSPS) is 44.7. The molecule has 0 unspecified atom stereocenters. The number of ether oxygens (including phenoxy) is 4. The van der Waals surface area contributed by atoms with E-state index in [1.807, 2.05) is 0 Å². The molecular weight excluding hydrogens is 346 g/mol. The van der Waals surface area contributed by atoms with Crippen molar-refractivity contribution in [2.24, 2.45) is 5.92 Å².